The third kappa shape index (κ3) is 2.79. The monoisotopic (exact) mass is 541 g/mol. The number of hydrogen-bond donors (Lipinski definition) is 0. The van der Waals surface area contributed by atoms with Gasteiger partial charge in [-0.05, 0) is 127 Å². The number of nitrogens with zero attached hydrogens (tertiary/aromatic N) is 1. The summed E-state index contributed by atoms with van der Waals surface area (Å²) >= 11 is 0. The van der Waals surface area contributed by atoms with Crippen molar-refractivity contribution in [1.82, 2.24) is 0 Å². The number of rotatable bonds is 0. The molecule has 0 bridgehead atoms. The Labute approximate surface area is 248 Å². The van der Waals surface area contributed by atoms with Gasteiger partial charge in [-0.15, -0.1) is 0 Å². The Hall–Kier alpha value is -4.15. The molecule has 0 unspecified atom stereocenters. The Morgan fingerprint density at radius 2 is 1.14 bits per heavy atom. The number of fused-ring (bicyclic) bond motifs is 13. The van der Waals surface area contributed by atoms with Crippen LogP contribution in [0.3, 0.4) is 0 Å². The van der Waals surface area contributed by atoms with Crippen LogP contribution in [-0.4, -0.2) is 0 Å². The van der Waals surface area contributed by atoms with Gasteiger partial charge in [-0.25, -0.2) is 0 Å². The molecule has 0 aromatic heterocycles. The lowest BCUT2D eigenvalue weighted by Gasteiger charge is -2.36. The number of hydrogen-bond acceptors (Lipinski definition) is 1. The Balaban J connectivity index is 1.34. The zero-order chi connectivity index (χ0) is 28.6. The van der Waals surface area contributed by atoms with Crippen LogP contribution >= 0.6 is 0 Å². The molecule has 5 aromatic rings. The molecular formula is C41H35N. The largest absolute Gasteiger partial charge is 0.192 e. The van der Waals surface area contributed by atoms with Gasteiger partial charge in [0.15, 0.2) is 0 Å². The van der Waals surface area contributed by atoms with E-state index in [9.17, 15) is 5.26 Å². The van der Waals surface area contributed by atoms with Gasteiger partial charge in [-0.2, -0.15) is 5.26 Å². The Bertz CT molecular complexity index is 2070. The lowest BCUT2D eigenvalue weighted by Crippen LogP contribution is -2.28. The third-order valence-corrected chi connectivity index (χ3v) is 11.7. The lowest BCUT2D eigenvalue weighted by atomic mass is 9.67. The molecule has 1 heteroatoms. The van der Waals surface area contributed by atoms with E-state index >= 15 is 0 Å². The molecule has 5 aromatic carbocycles. The predicted molar refractivity (Wildman–Crippen MR) is 173 cm³/mol. The second kappa shape index (κ2) is 7.81. The average Bonchev–Trinajstić information content (AvgIpc) is 3.49. The summed E-state index contributed by atoms with van der Waals surface area (Å²) in [6, 6.07) is 32.7. The molecular weight excluding hydrogens is 506 g/mol. The van der Waals surface area contributed by atoms with E-state index in [1.54, 1.807) is 11.1 Å². The van der Waals surface area contributed by atoms with E-state index < -0.39 is 0 Å². The van der Waals surface area contributed by atoms with E-state index in [0.29, 0.717) is 0 Å². The van der Waals surface area contributed by atoms with E-state index in [-0.39, 0.29) is 16.2 Å². The van der Waals surface area contributed by atoms with E-state index in [1.165, 1.54) is 98.5 Å². The van der Waals surface area contributed by atoms with Crippen molar-refractivity contribution >= 4 is 10.8 Å². The second-order valence-electron chi connectivity index (χ2n) is 14.4. The molecule has 4 aliphatic carbocycles. The summed E-state index contributed by atoms with van der Waals surface area (Å²) in [6.07, 6.45) is 6.34. The summed E-state index contributed by atoms with van der Waals surface area (Å²) in [5, 5.41) is 12.4. The fourth-order valence-corrected chi connectivity index (χ4v) is 9.48. The maximum Gasteiger partial charge on any atom is 0.0991 e. The molecule has 0 saturated heterocycles. The van der Waals surface area contributed by atoms with Gasteiger partial charge < -0.3 is 0 Å². The van der Waals surface area contributed by atoms with Gasteiger partial charge in [0, 0.05) is 16.2 Å². The van der Waals surface area contributed by atoms with E-state index in [1.807, 2.05) is 6.07 Å². The van der Waals surface area contributed by atoms with Crippen LogP contribution in [0.2, 0.25) is 0 Å². The van der Waals surface area contributed by atoms with Gasteiger partial charge in [0.2, 0.25) is 0 Å². The van der Waals surface area contributed by atoms with Crippen LogP contribution in [0, 0.1) is 11.3 Å². The van der Waals surface area contributed by atoms with Gasteiger partial charge in [0.05, 0.1) is 11.6 Å². The molecule has 9 rings (SSSR count). The van der Waals surface area contributed by atoms with Crippen LogP contribution in [-0.2, 0) is 16.2 Å². The fraction of sp³-hybridized carbons (Fsp3) is 0.293. The standard InChI is InChI=1S/C41H35N/c1-39(2)32-15-13-25-10-6-7-11-26(25)38(32)31-22-37-30(20-35(31)39)29-19-34-28(21-36(29)41(37)16-8-5-9-17-41)27-14-12-24(23-42)18-33(27)40(34,3)4/h6-7,10-15,18-22H,5,8-9,16-17H2,1-4H3. The van der Waals surface area contributed by atoms with Crippen molar-refractivity contribution in [3.63, 3.8) is 0 Å². The van der Waals surface area contributed by atoms with Gasteiger partial charge >= 0.3 is 0 Å². The first-order chi connectivity index (χ1) is 20.3. The summed E-state index contributed by atoms with van der Waals surface area (Å²) in [4.78, 5) is 0. The molecule has 1 saturated carbocycles. The highest BCUT2D eigenvalue weighted by molar-refractivity contribution is 6.04. The Kier molecular flexibility index (Phi) is 4.55. The predicted octanol–water partition coefficient (Wildman–Crippen LogP) is 10.6. The lowest BCUT2D eigenvalue weighted by molar-refractivity contribution is 0.353. The molecule has 0 heterocycles. The van der Waals surface area contributed by atoms with Crippen LogP contribution in [0.15, 0.2) is 78.9 Å². The van der Waals surface area contributed by atoms with Crippen LogP contribution in [0.1, 0.15) is 98.7 Å². The van der Waals surface area contributed by atoms with Gasteiger partial charge in [0.25, 0.3) is 0 Å². The topological polar surface area (TPSA) is 23.8 Å². The minimum absolute atomic E-state index is 0.0495. The van der Waals surface area contributed by atoms with Gasteiger partial charge in [-0.3, -0.25) is 0 Å². The minimum Gasteiger partial charge on any atom is -0.192 e. The van der Waals surface area contributed by atoms with E-state index in [2.05, 4.69) is 107 Å². The molecule has 1 fully saturated rings. The molecule has 0 atom stereocenters. The highest BCUT2D eigenvalue weighted by Gasteiger charge is 2.48. The Morgan fingerprint density at radius 1 is 0.548 bits per heavy atom. The van der Waals surface area contributed by atoms with E-state index in [0.717, 1.165) is 5.56 Å². The molecule has 0 aliphatic heterocycles. The maximum absolute atomic E-state index is 9.66. The fourth-order valence-electron chi connectivity index (χ4n) is 9.48. The van der Waals surface area contributed by atoms with Crippen molar-refractivity contribution < 1.29 is 0 Å². The average molecular weight is 542 g/mol. The number of nitriles is 1. The van der Waals surface area contributed by atoms with Crippen molar-refractivity contribution in [2.45, 2.75) is 76.0 Å². The van der Waals surface area contributed by atoms with Crippen molar-refractivity contribution in [2.24, 2.45) is 0 Å². The molecule has 1 nitrogen and oxygen atoms in total. The first kappa shape index (κ1) is 24.4. The maximum atomic E-state index is 9.66. The summed E-state index contributed by atoms with van der Waals surface area (Å²) in [6.45, 7) is 9.51. The number of benzene rings is 5. The molecule has 0 amide bonds. The van der Waals surface area contributed by atoms with Crippen molar-refractivity contribution in [3.8, 4) is 39.4 Å². The third-order valence-electron chi connectivity index (χ3n) is 11.7. The molecule has 204 valence electrons. The van der Waals surface area contributed by atoms with Gasteiger partial charge in [0.1, 0.15) is 0 Å². The Morgan fingerprint density at radius 3 is 1.88 bits per heavy atom. The first-order valence-electron chi connectivity index (χ1n) is 15.7. The molecule has 42 heavy (non-hydrogen) atoms. The molecule has 0 N–H and O–H groups in total. The van der Waals surface area contributed by atoms with Crippen molar-refractivity contribution in [1.29, 1.82) is 5.26 Å². The highest BCUT2D eigenvalue weighted by atomic mass is 14.5. The summed E-state index contributed by atoms with van der Waals surface area (Å²) < 4.78 is 0. The summed E-state index contributed by atoms with van der Waals surface area (Å²) in [7, 11) is 0. The molecule has 4 aliphatic rings. The minimum atomic E-state index is -0.139. The zero-order valence-corrected chi connectivity index (χ0v) is 25.0. The summed E-state index contributed by atoms with van der Waals surface area (Å²) in [5.74, 6) is 0. The van der Waals surface area contributed by atoms with Crippen LogP contribution in [0.5, 0.6) is 0 Å². The zero-order valence-electron chi connectivity index (χ0n) is 25.0. The van der Waals surface area contributed by atoms with Crippen molar-refractivity contribution in [3.05, 3.63) is 118 Å². The van der Waals surface area contributed by atoms with Crippen molar-refractivity contribution in [2.75, 3.05) is 0 Å². The second-order valence-corrected chi connectivity index (χ2v) is 14.4. The molecule has 0 radical (unpaired) electrons. The van der Waals surface area contributed by atoms with Crippen LogP contribution < -0.4 is 0 Å². The van der Waals surface area contributed by atoms with E-state index in [4.69, 9.17) is 0 Å². The van der Waals surface area contributed by atoms with Gasteiger partial charge in [-0.1, -0.05) is 89.4 Å². The normalized spacial score (nSPS) is 19.0. The first-order valence-corrected chi connectivity index (χ1v) is 15.7. The van der Waals surface area contributed by atoms with Crippen LogP contribution in [0.4, 0.5) is 0 Å². The SMILES string of the molecule is CC1(C)c2cc(C#N)ccc2-c2cc3c(cc21)-c1cc2c(cc1C31CCCCC1)-c1c(ccc3ccccc13)C2(C)C. The highest BCUT2D eigenvalue weighted by Crippen LogP contribution is 2.62. The quantitative estimate of drug-likeness (QED) is 0.191. The smallest absolute Gasteiger partial charge is 0.0991 e. The molecule has 1 spiro atoms. The van der Waals surface area contributed by atoms with Crippen LogP contribution in [0.25, 0.3) is 44.2 Å². The summed E-state index contributed by atoms with van der Waals surface area (Å²) in [5.41, 5.74) is 17.8.